The minimum Gasteiger partial charge on any atom is -0.309 e. The Hall–Kier alpha value is -2.53. The fourth-order valence-corrected chi connectivity index (χ4v) is 4.16. The summed E-state index contributed by atoms with van der Waals surface area (Å²) in [4.78, 5) is 23.5. The third-order valence-electron chi connectivity index (χ3n) is 4.54. The van der Waals surface area contributed by atoms with Crippen LogP contribution in [0.4, 0.5) is 5.69 Å². The van der Waals surface area contributed by atoms with E-state index in [0.29, 0.717) is 12.8 Å². The average molecular weight is 349 g/mol. The fraction of sp³-hybridized carbons (Fsp3) is 0.250. The van der Waals surface area contributed by atoms with Crippen molar-refractivity contribution >= 4 is 22.9 Å². The van der Waals surface area contributed by atoms with Gasteiger partial charge >= 0.3 is 0 Å². The standard InChI is InChI=1S/C20H19N3OS/c1-14-11-15-5-2-3-7-18(15)23(14)20(24)9-8-19-22-17(13-25-19)16-6-4-10-21-12-16/h2-7,10,12-14H,8-9,11H2,1H3. The van der Waals surface area contributed by atoms with E-state index in [1.54, 1.807) is 17.5 Å². The van der Waals surface area contributed by atoms with E-state index in [9.17, 15) is 4.79 Å². The number of hydrogen-bond acceptors (Lipinski definition) is 4. The second-order valence-corrected chi connectivity index (χ2v) is 7.26. The van der Waals surface area contributed by atoms with Crippen molar-refractivity contribution in [2.75, 3.05) is 4.90 Å². The predicted molar refractivity (Wildman–Crippen MR) is 101 cm³/mol. The van der Waals surface area contributed by atoms with E-state index in [0.717, 1.165) is 28.4 Å². The number of aryl methyl sites for hydroxylation is 1. The Morgan fingerprint density at radius 3 is 3.00 bits per heavy atom. The molecule has 1 atom stereocenters. The second kappa shape index (κ2) is 6.76. The molecule has 1 unspecified atom stereocenters. The quantitative estimate of drug-likeness (QED) is 0.712. The molecule has 1 aromatic carbocycles. The molecule has 1 aliphatic heterocycles. The molecule has 0 spiro atoms. The Morgan fingerprint density at radius 1 is 1.28 bits per heavy atom. The van der Waals surface area contributed by atoms with Crippen LogP contribution in [0, 0.1) is 0 Å². The summed E-state index contributed by atoms with van der Waals surface area (Å²) < 4.78 is 0. The van der Waals surface area contributed by atoms with Crippen molar-refractivity contribution in [2.45, 2.75) is 32.2 Å². The zero-order valence-electron chi connectivity index (χ0n) is 14.1. The Morgan fingerprint density at radius 2 is 2.16 bits per heavy atom. The van der Waals surface area contributed by atoms with E-state index >= 15 is 0 Å². The number of benzene rings is 1. The number of pyridine rings is 1. The maximum Gasteiger partial charge on any atom is 0.227 e. The number of aromatic nitrogens is 2. The summed E-state index contributed by atoms with van der Waals surface area (Å²) >= 11 is 1.61. The molecule has 0 fully saturated rings. The van der Waals surface area contributed by atoms with Gasteiger partial charge in [-0.3, -0.25) is 9.78 Å². The molecule has 0 N–H and O–H groups in total. The molecule has 0 aliphatic carbocycles. The first kappa shape index (κ1) is 16.0. The summed E-state index contributed by atoms with van der Waals surface area (Å²) in [5, 5.41) is 3.03. The van der Waals surface area contributed by atoms with Gasteiger partial charge in [0.15, 0.2) is 0 Å². The van der Waals surface area contributed by atoms with Crippen molar-refractivity contribution in [1.82, 2.24) is 9.97 Å². The molecule has 0 radical (unpaired) electrons. The number of rotatable bonds is 4. The van der Waals surface area contributed by atoms with Crippen molar-refractivity contribution in [3.05, 3.63) is 64.7 Å². The lowest BCUT2D eigenvalue weighted by molar-refractivity contribution is -0.118. The van der Waals surface area contributed by atoms with E-state index in [-0.39, 0.29) is 11.9 Å². The highest BCUT2D eigenvalue weighted by Gasteiger charge is 2.30. The highest BCUT2D eigenvalue weighted by Crippen LogP contribution is 2.32. The number of nitrogens with zero attached hydrogens (tertiary/aromatic N) is 3. The topological polar surface area (TPSA) is 46.1 Å². The maximum absolute atomic E-state index is 12.8. The normalized spacial score (nSPS) is 16.0. The number of anilines is 1. The molecule has 3 aromatic rings. The van der Waals surface area contributed by atoms with E-state index in [1.807, 2.05) is 46.8 Å². The summed E-state index contributed by atoms with van der Waals surface area (Å²) in [5.74, 6) is 0.176. The molecule has 0 bridgehead atoms. The number of hydrogen-bond donors (Lipinski definition) is 0. The SMILES string of the molecule is CC1Cc2ccccc2N1C(=O)CCc1nc(-c2cccnc2)cs1. The Balaban J connectivity index is 1.44. The first-order valence-electron chi connectivity index (χ1n) is 8.47. The molecule has 1 amide bonds. The van der Waals surface area contributed by atoms with Gasteiger partial charge < -0.3 is 4.90 Å². The number of carbonyl (C=O) groups is 1. The highest BCUT2D eigenvalue weighted by atomic mass is 32.1. The Labute approximate surface area is 151 Å². The number of carbonyl (C=O) groups excluding carboxylic acids is 1. The Bertz CT molecular complexity index is 891. The average Bonchev–Trinajstić information content (AvgIpc) is 3.24. The van der Waals surface area contributed by atoms with Crippen molar-refractivity contribution in [2.24, 2.45) is 0 Å². The monoisotopic (exact) mass is 349 g/mol. The lowest BCUT2D eigenvalue weighted by Crippen LogP contribution is -2.35. The molecule has 0 saturated heterocycles. The van der Waals surface area contributed by atoms with E-state index in [4.69, 9.17) is 0 Å². The third-order valence-corrected chi connectivity index (χ3v) is 5.45. The van der Waals surface area contributed by atoms with Crippen molar-refractivity contribution in [1.29, 1.82) is 0 Å². The van der Waals surface area contributed by atoms with Crippen LogP contribution in [0.2, 0.25) is 0 Å². The van der Waals surface area contributed by atoms with Crippen LogP contribution >= 0.6 is 11.3 Å². The van der Waals surface area contributed by atoms with E-state index in [2.05, 4.69) is 23.0 Å². The van der Waals surface area contributed by atoms with Gasteiger partial charge in [-0.2, -0.15) is 0 Å². The van der Waals surface area contributed by atoms with Crippen LogP contribution < -0.4 is 4.90 Å². The van der Waals surface area contributed by atoms with Crippen LogP contribution in [0.3, 0.4) is 0 Å². The van der Waals surface area contributed by atoms with Gasteiger partial charge in [0.1, 0.15) is 0 Å². The molecule has 1 aliphatic rings. The molecular formula is C20H19N3OS. The van der Waals surface area contributed by atoms with Gasteiger partial charge in [0.2, 0.25) is 5.91 Å². The summed E-state index contributed by atoms with van der Waals surface area (Å²) in [6.45, 7) is 2.11. The molecular weight excluding hydrogens is 330 g/mol. The molecule has 3 heterocycles. The van der Waals surface area contributed by atoms with Crippen LogP contribution in [-0.4, -0.2) is 21.9 Å². The zero-order chi connectivity index (χ0) is 17.2. The Kier molecular flexibility index (Phi) is 4.32. The number of amides is 1. The first-order valence-corrected chi connectivity index (χ1v) is 9.35. The van der Waals surface area contributed by atoms with Gasteiger partial charge in [-0.05, 0) is 37.1 Å². The molecule has 4 rings (SSSR count). The fourth-order valence-electron chi connectivity index (χ4n) is 3.35. The molecule has 5 heteroatoms. The smallest absolute Gasteiger partial charge is 0.227 e. The second-order valence-electron chi connectivity index (χ2n) is 6.31. The molecule has 126 valence electrons. The summed E-state index contributed by atoms with van der Waals surface area (Å²) in [6, 6.07) is 12.3. The van der Waals surface area contributed by atoms with Crippen LogP contribution in [0.15, 0.2) is 54.2 Å². The number of thiazole rings is 1. The molecule has 0 saturated carbocycles. The number of para-hydroxylation sites is 1. The molecule has 2 aromatic heterocycles. The molecule has 25 heavy (non-hydrogen) atoms. The minimum absolute atomic E-state index is 0.176. The highest BCUT2D eigenvalue weighted by molar-refractivity contribution is 7.09. The van der Waals surface area contributed by atoms with Crippen LogP contribution in [-0.2, 0) is 17.6 Å². The third kappa shape index (κ3) is 3.20. The van der Waals surface area contributed by atoms with Crippen LogP contribution in [0.5, 0.6) is 0 Å². The van der Waals surface area contributed by atoms with Crippen molar-refractivity contribution < 1.29 is 4.79 Å². The van der Waals surface area contributed by atoms with Gasteiger partial charge in [0, 0.05) is 47.9 Å². The lowest BCUT2D eigenvalue weighted by atomic mass is 10.1. The first-order chi connectivity index (χ1) is 12.2. The zero-order valence-corrected chi connectivity index (χ0v) is 14.9. The van der Waals surface area contributed by atoms with Gasteiger partial charge in [0.25, 0.3) is 0 Å². The largest absolute Gasteiger partial charge is 0.309 e. The summed E-state index contributed by atoms with van der Waals surface area (Å²) in [5.41, 5.74) is 4.27. The molecule has 4 nitrogen and oxygen atoms in total. The summed E-state index contributed by atoms with van der Waals surface area (Å²) in [7, 11) is 0. The van der Waals surface area contributed by atoms with Gasteiger partial charge in [-0.1, -0.05) is 18.2 Å². The van der Waals surface area contributed by atoms with Gasteiger partial charge in [-0.15, -0.1) is 11.3 Å². The van der Waals surface area contributed by atoms with E-state index in [1.165, 1.54) is 5.56 Å². The lowest BCUT2D eigenvalue weighted by Gasteiger charge is -2.22. The van der Waals surface area contributed by atoms with Gasteiger partial charge in [-0.25, -0.2) is 4.98 Å². The maximum atomic E-state index is 12.8. The number of fused-ring (bicyclic) bond motifs is 1. The summed E-state index contributed by atoms with van der Waals surface area (Å²) in [6.07, 6.45) is 5.66. The van der Waals surface area contributed by atoms with Gasteiger partial charge in [0.05, 0.1) is 10.7 Å². The van der Waals surface area contributed by atoms with Crippen molar-refractivity contribution in [3.63, 3.8) is 0 Å². The minimum atomic E-state index is 0.176. The predicted octanol–water partition coefficient (Wildman–Crippen LogP) is 4.12. The van der Waals surface area contributed by atoms with Crippen LogP contribution in [0.1, 0.15) is 23.9 Å². The van der Waals surface area contributed by atoms with E-state index < -0.39 is 0 Å². The van der Waals surface area contributed by atoms with Crippen LogP contribution in [0.25, 0.3) is 11.3 Å². The van der Waals surface area contributed by atoms with Crippen molar-refractivity contribution in [3.8, 4) is 11.3 Å².